The summed E-state index contributed by atoms with van der Waals surface area (Å²) in [7, 11) is 3.20. The van der Waals surface area contributed by atoms with E-state index in [1.807, 2.05) is 24.3 Å². The molecule has 0 amide bonds. The molecule has 18 heavy (non-hydrogen) atoms. The number of benzene rings is 1. The quantitative estimate of drug-likeness (QED) is 0.897. The molecule has 0 fully saturated rings. The van der Waals surface area contributed by atoms with Gasteiger partial charge in [-0.1, -0.05) is 6.07 Å². The van der Waals surface area contributed by atoms with E-state index in [1.54, 1.807) is 26.6 Å². The molecular formula is C14H15NO3. The molecule has 1 aromatic carbocycles. The molecule has 1 N–H and O–H groups in total. The number of hydrogen-bond acceptors (Lipinski definition) is 4. The lowest BCUT2D eigenvalue weighted by molar-refractivity contribution is 0.281. The Morgan fingerprint density at radius 2 is 1.78 bits per heavy atom. The highest BCUT2D eigenvalue weighted by Gasteiger charge is 2.06. The Labute approximate surface area is 106 Å². The maximum absolute atomic E-state index is 9.11. The summed E-state index contributed by atoms with van der Waals surface area (Å²) in [4.78, 5) is 4.10. The molecule has 1 heterocycles. The van der Waals surface area contributed by atoms with Gasteiger partial charge in [0.15, 0.2) is 11.5 Å². The second-order valence-electron chi connectivity index (χ2n) is 3.81. The van der Waals surface area contributed by atoms with E-state index in [-0.39, 0.29) is 6.61 Å². The third-order valence-corrected chi connectivity index (χ3v) is 2.69. The molecule has 0 bridgehead atoms. The highest BCUT2D eigenvalue weighted by Crippen LogP contribution is 2.32. The summed E-state index contributed by atoms with van der Waals surface area (Å²) in [6, 6.07) is 7.56. The van der Waals surface area contributed by atoms with Crippen molar-refractivity contribution in [3.05, 3.63) is 42.2 Å². The van der Waals surface area contributed by atoms with Crippen molar-refractivity contribution in [1.82, 2.24) is 4.98 Å². The van der Waals surface area contributed by atoms with Crippen LogP contribution in [0.1, 0.15) is 5.56 Å². The van der Waals surface area contributed by atoms with Gasteiger partial charge in [-0.15, -0.1) is 0 Å². The van der Waals surface area contributed by atoms with E-state index in [2.05, 4.69) is 4.98 Å². The van der Waals surface area contributed by atoms with Crippen LogP contribution in [0.2, 0.25) is 0 Å². The van der Waals surface area contributed by atoms with Crippen molar-refractivity contribution in [1.29, 1.82) is 0 Å². The number of pyridine rings is 1. The summed E-state index contributed by atoms with van der Waals surface area (Å²) in [5, 5.41) is 9.11. The maximum Gasteiger partial charge on any atom is 0.161 e. The first-order chi connectivity index (χ1) is 8.78. The van der Waals surface area contributed by atoms with Gasteiger partial charge in [0.1, 0.15) is 0 Å². The smallest absolute Gasteiger partial charge is 0.161 e. The number of rotatable bonds is 4. The number of aliphatic hydroxyl groups is 1. The van der Waals surface area contributed by atoms with Gasteiger partial charge in [0.2, 0.25) is 0 Å². The molecule has 1 aromatic heterocycles. The first kappa shape index (κ1) is 12.4. The highest BCUT2D eigenvalue weighted by atomic mass is 16.5. The van der Waals surface area contributed by atoms with Crippen molar-refractivity contribution in [3.8, 4) is 22.6 Å². The summed E-state index contributed by atoms with van der Waals surface area (Å²) in [6.07, 6.45) is 3.39. The van der Waals surface area contributed by atoms with E-state index in [0.29, 0.717) is 11.5 Å². The standard InChI is InChI=1S/C14H15NO3/c1-17-13-4-3-11(6-14(13)18-2)12-5-10(9-16)7-15-8-12/h3-8,16H,9H2,1-2H3. The molecule has 94 valence electrons. The average molecular weight is 245 g/mol. The number of hydrogen-bond donors (Lipinski definition) is 1. The Bertz CT molecular complexity index is 540. The third kappa shape index (κ3) is 2.43. The van der Waals surface area contributed by atoms with Crippen molar-refractivity contribution in [2.45, 2.75) is 6.61 Å². The van der Waals surface area contributed by atoms with Gasteiger partial charge < -0.3 is 14.6 Å². The Morgan fingerprint density at radius 3 is 2.44 bits per heavy atom. The van der Waals surface area contributed by atoms with Crippen molar-refractivity contribution in [3.63, 3.8) is 0 Å². The van der Waals surface area contributed by atoms with Crippen LogP contribution >= 0.6 is 0 Å². The van der Waals surface area contributed by atoms with Crippen LogP contribution in [0, 0.1) is 0 Å². The minimum atomic E-state index is -0.0197. The van der Waals surface area contributed by atoms with Gasteiger partial charge in [0.25, 0.3) is 0 Å². The van der Waals surface area contributed by atoms with Crippen LogP contribution < -0.4 is 9.47 Å². The van der Waals surface area contributed by atoms with Crippen LogP contribution in [0.3, 0.4) is 0 Å². The first-order valence-corrected chi connectivity index (χ1v) is 5.55. The lowest BCUT2D eigenvalue weighted by atomic mass is 10.1. The predicted octanol–water partition coefficient (Wildman–Crippen LogP) is 2.26. The average Bonchev–Trinajstić information content (AvgIpc) is 2.46. The van der Waals surface area contributed by atoms with E-state index in [1.165, 1.54) is 0 Å². The van der Waals surface area contributed by atoms with Gasteiger partial charge in [-0.25, -0.2) is 0 Å². The number of ether oxygens (including phenoxy) is 2. The van der Waals surface area contributed by atoms with E-state index in [4.69, 9.17) is 14.6 Å². The fourth-order valence-corrected chi connectivity index (χ4v) is 1.75. The number of aliphatic hydroxyl groups excluding tert-OH is 1. The molecule has 4 heteroatoms. The second kappa shape index (κ2) is 5.51. The summed E-state index contributed by atoms with van der Waals surface area (Å²) < 4.78 is 10.5. The topological polar surface area (TPSA) is 51.6 Å². The van der Waals surface area contributed by atoms with Crippen molar-refractivity contribution in [2.75, 3.05) is 14.2 Å². The summed E-state index contributed by atoms with van der Waals surface area (Å²) >= 11 is 0. The molecule has 4 nitrogen and oxygen atoms in total. The molecule has 0 saturated carbocycles. The molecule has 0 aliphatic heterocycles. The SMILES string of the molecule is COc1ccc(-c2cncc(CO)c2)cc1OC. The highest BCUT2D eigenvalue weighted by molar-refractivity contribution is 5.66. The Hall–Kier alpha value is -2.07. The van der Waals surface area contributed by atoms with Gasteiger partial charge in [-0.2, -0.15) is 0 Å². The van der Waals surface area contributed by atoms with Crippen LogP contribution in [0.4, 0.5) is 0 Å². The molecule has 0 aliphatic rings. The molecule has 0 saturated heterocycles. The summed E-state index contributed by atoms with van der Waals surface area (Å²) in [6.45, 7) is -0.0197. The first-order valence-electron chi connectivity index (χ1n) is 5.55. The summed E-state index contributed by atoms with van der Waals surface area (Å²) in [5.74, 6) is 1.36. The minimum Gasteiger partial charge on any atom is -0.493 e. The molecule has 0 atom stereocenters. The van der Waals surface area contributed by atoms with Crippen molar-refractivity contribution < 1.29 is 14.6 Å². The van der Waals surface area contributed by atoms with Crippen LogP contribution in [0.5, 0.6) is 11.5 Å². The van der Waals surface area contributed by atoms with Gasteiger partial charge >= 0.3 is 0 Å². The van der Waals surface area contributed by atoms with Crippen LogP contribution in [-0.2, 0) is 6.61 Å². The second-order valence-corrected chi connectivity index (χ2v) is 3.81. The molecule has 2 rings (SSSR count). The Balaban J connectivity index is 2.43. The van der Waals surface area contributed by atoms with E-state index in [0.717, 1.165) is 16.7 Å². The molecule has 2 aromatic rings. The monoisotopic (exact) mass is 245 g/mol. The van der Waals surface area contributed by atoms with Gasteiger partial charge in [0.05, 0.1) is 20.8 Å². The van der Waals surface area contributed by atoms with Gasteiger partial charge in [-0.05, 0) is 29.3 Å². The fraction of sp³-hybridized carbons (Fsp3) is 0.214. The normalized spacial score (nSPS) is 10.2. The molecule has 0 radical (unpaired) electrons. The lowest BCUT2D eigenvalue weighted by Crippen LogP contribution is -1.92. The number of methoxy groups -OCH3 is 2. The fourth-order valence-electron chi connectivity index (χ4n) is 1.75. The van der Waals surface area contributed by atoms with E-state index >= 15 is 0 Å². The van der Waals surface area contributed by atoms with Crippen LogP contribution in [-0.4, -0.2) is 24.3 Å². The number of nitrogens with zero attached hydrogens (tertiary/aromatic N) is 1. The molecular weight excluding hydrogens is 230 g/mol. The number of aromatic nitrogens is 1. The predicted molar refractivity (Wildman–Crippen MR) is 68.7 cm³/mol. The maximum atomic E-state index is 9.11. The van der Waals surface area contributed by atoms with Gasteiger partial charge in [-0.3, -0.25) is 4.98 Å². The zero-order valence-corrected chi connectivity index (χ0v) is 10.4. The van der Waals surface area contributed by atoms with Crippen LogP contribution in [0.15, 0.2) is 36.7 Å². The lowest BCUT2D eigenvalue weighted by Gasteiger charge is -2.10. The largest absolute Gasteiger partial charge is 0.493 e. The summed E-state index contributed by atoms with van der Waals surface area (Å²) in [5.41, 5.74) is 2.68. The Morgan fingerprint density at radius 1 is 1.00 bits per heavy atom. The van der Waals surface area contributed by atoms with Crippen molar-refractivity contribution in [2.24, 2.45) is 0 Å². The molecule has 0 spiro atoms. The Kier molecular flexibility index (Phi) is 3.79. The zero-order valence-electron chi connectivity index (χ0n) is 10.4. The van der Waals surface area contributed by atoms with Crippen LogP contribution in [0.25, 0.3) is 11.1 Å². The molecule has 0 aliphatic carbocycles. The zero-order chi connectivity index (χ0) is 13.0. The molecule has 0 unspecified atom stereocenters. The third-order valence-electron chi connectivity index (χ3n) is 2.69. The van der Waals surface area contributed by atoms with Crippen molar-refractivity contribution >= 4 is 0 Å². The van der Waals surface area contributed by atoms with E-state index < -0.39 is 0 Å². The van der Waals surface area contributed by atoms with E-state index in [9.17, 15) is 0 Å². The minimum absolute atomic E-state index is 0.0197. The van der Waals surface area contributed by atoms with Gasteiger partial charge in [0, 0.05) is 18.0 Å².